The van der Waals surface area contributed by atoms with Crippen LogP contribution in [0, 0.1) is 5.92 Å². The first-order chi connectivity index (χ1) is 5.07. The van der Waals surface area contributed by atoms with Gasteiger partial charge in [-0.1, -0.05) is 37.0 Å². The molecule has 0 saturated heterocycles. The molecule has 1 unspecified atom stereocenters. The van der Waals surface area contributed by atoms with Gasteiger partial charge >= 0.3 is 0 Å². The Hall–Kier alpha value is -0.455. The van der Waals surface area contributed by atoms with E-state index >= 15 is 0 Å². The molecule has 0 aliphatic rings. The predicted octanol–water partition coefficient (Wildman–Crippen LogP) is 3.12. The van der Waals surface area contributed by atoms with Crippen molar-refractivity contribution >= 4 is 7.85 Å². The summed E-state index contributed by atoms with van der Waals surface area (Å²) >= 11 is 0. The first-order valence-corrected chi connectivity index (χ1v) is 4.09. The molecule has 0 fully saturated rings. The molecule has 0 aliphatic heterocycles. The normalized spacial score (nSPS) is 14.6. The molecule has 0 saturated carbocycles. The second kappa shape index (κ2) is 5.23. The van der Waals surface area contributed by atoms with Crippen LogP contribution in [-0.2, 0) is 0 Å². The molecule has 1 heteroatoms. The minimum absolute atomic E-state index is 0.580. The van der Waals surface area contributed by atoms with Crippen LogP contribution in [0.5, 0.6) is 0 Å². The summed E-state index contributed by atoms with van der Waals surface area (Å²) in [5.41, 5.74) is 2.50. The Kier molecular flexibility index (Phi) is 5.01. The maximum absolute atomic E-state index is 5.44. The van der Waals surface area contributed by atoms with Crippen LogP contribution in [0.1, 0.15) is 27.2 Å². The maximum Gasteiger partial charge on any atom is 0.0711 e. The fourth-order valence-corrected chi connectivity index (χ4v) is 0.662. The molecule has 0 aromatic carbocycles. The molecule has 11 heavy (non-hydrogen) atoms. The van der Waals surface area contributed by atoms with Gasteiger partial charge in [-0.15, -0.1) is 0 Å². The zero-order chi connectivity index (χ0) is 8.85. The zero-order valence-corrected chi connectivity index (χ0v) is 7.85. The van der Waals surface area contributed by atoms with Crippen LogP contribution in [0.25, 0.3) is 0 Å². The summed E-state index contributed by atoms with van der Waals surface area (Å²) in [4.78, 5) is 0. The Labute approximate surface area is 71.8 Å². The highest BCUT2D eigenvalue weighted by atomic mass is 14.0. The first-order valence-electron chi connectivity index (χ1n) is 4.09. The van der Waals surface area contributed by atoms with Gasteiger partial charge in [0.15, 0.2) is 0 Å². The molecular formula is C10H17B. The van der Waals surface area contributed by atoms with Gasteiger partial charge in [0, 0.05) is 0 Å². The molecule has 0 amide bonds. The molecule has 0 rings (SSSR count). The summed E-state index contributed by atoms with van der Waals surface area (Å²) in [6.07, 6.45) is 3.93. The Bertz CT molecular complexity index is 156. The largest absolute Gasteiger partial charge is 0.0999 e. The molecule has 0 aromatic heterocycles. The van der Waals surface area contributed by atoms with E-state index in [4.69, 9.17) is 7.85 Å². The summed E-state index contributed by atoms with van der Waals surface area (Å²) in [5.74, 6) is 0.580. The highest BCUT2D eigenvalue weighted by Gasteiger charge is 1.98. The lowest BCUT2D eigenvalue weighted by Crippen LogP contribution is -1.92. The molecule has 0 nitrogen and oxygen atoms in total. The smallest absolute Gasteiger partial charge is 0.0711 e. The van der Waals surface area contributed by atoms with E-state index in [-0.39, 0.29) is 0 Å². The molecule has 1 atom stereocenters. The average Bonchev–Trinajstić information content (AvgIpc) is 1.99. The van der Waals surface area contributed by atoms with Crippen molar-refractivity contribution in [3.63, 3.8) is 0 Å². The lowest BCUT2D eigenvalue weighted by Gasteiger charge is -2.07. The van der Waals surface area contributed by atoms with Crippen LogP contribution in [0.15, 0.2) is 23.8 Å². The van der Waals surface area contributed by atoms with Gasteiger partial charge in [0.05, 0.1) is 7.85 Å². The van der Waals surface area contributed by atoms with E-state index < -0.39 is 0 Å². The van der Waals surface area contributed by atoms with Gasteiger partial charge in [-0.05, 0) is 26.2 Å². The number of hydrogen-bond acceptors (Lipinski definition) is 0. The van der Waals surface area contributed by atoms with Crippen molar-refractivity contribution in [2.24, 2.45) is 5.92 Å². The highest BCUT2D eigenvalue weighted by Crippen LogP contribution is 2.13. The number of hydrogen-bond donors (Lipinski definition) is 0. The molecule has 0 aliphatic carbocycles. The molecule has 60 valence electrons. The van der Waals surface area contributed by atoms with Gasteiger partial charge in [-0.2, -0.15) is 0 Å². The fourth-order valence-electron chi connectivity index (χ4n) is 0.662. The summed E-state index contributed by atoms with van der Waals surface area (Å²) in [7, 11) is 5.44. The maximum atomic E-state index is 5.44. The number of rotatable bonds is 4. The quantitative estimate of drug-likeness (QED) is 0.424. The van der Waals surface area contributed by atoms with Gasteiger partial charge in [0.25, 0.3) is 0 Å². The molecule has 2 radical (unpaired) electrons. The van der Waals surface area contributed by atoms with Crippen molar-refractivity contribution in [1.82, 2.24) is 0 Å². The van der Waals surface area contributed by atoms with E-state index in [0.717, 1.165) is 6.42 Å². The van der Waals surface area contributed by atoms with E-state index in [2.05, 4.69) is 33.4 Å². The SMILES string of the molecule is [B]C/C(C)=C/CC(C)C(=C)C. The van der Waals surface area contributed by atoms with E-state index in [1.54, 1.807) is 0 Å². The van der Waals surface area contributed by atoms with Gasteiger partial charge in [0.1, 0.15) is 0 Å². The Morgan fingerprint density at radius 3 is 2.45 bits per heavy atom. The van der Waals surface area contributed by atoms with Crippen molar-refractivity contribution in [3.05, 3.63) is 23.8 Å². The monoisotopic (exact) mass is 148 g/mol. The Morgan fingerprint density at radius 2 is 2.09 bits per heavy atom. The van der Waals surface area contributed by atoms with Gasteiger partial charge < -0.3 is 0 Å². The van der Waals surface area contributed by atoms with Crippen LogP contribution in [0.2, 0.25) is 6.32 Å². The first kappa shape index (κ1) is 10.5. The summed E-state index contributed by atoms with van der Waals surface area (Å²) in [6, 6.07) is 0. The average molecular weight is 148 g/mol. The van der Waals surface area contributed by atoms with Crippen LogP contribution in [-0.4, -0.2) is 7.85 Å². The Morgan fingerprint density at radius 1 is 1.55 bits per heavy atom. The minimum atomic E-state index is 0.580. The van der Waals surface area contributed by atoms with E-state index in [0.29, 0.717) is 12.2 Å². The van der Waals surface area contributed by atoms with Crippen molar-refractivity contribution in [2.75, 3.05) is 0 Å². The predicted molar refractivity (Wildman–Crippen MR) is 52.9 cm³/mol. The van der Waals surface area contributed by atoms with E-state index in [9.17, 15) is 0 Å². The highest BCUT2D eigenvalue weighted by molar-refractivity contribution is 6.10. The summed E-state index contributed by atoms with van der Waals surface area (Å²) < 4.78 is 0. The summed E-state index contributed by atoms with van der Waals surface area (Å²) in [5, 5.41) is 0. The third kappa shape index (κ3) is 4.89. The van der Waals surface area contributed by atoms with Crippen LogP contribution < -0.4 is 0 Å². The van der Waals surface area contributed by atoms with Crippen molar-refractivity contribution < 1.29 is 0 Å². The van der Waals surface area contributed by atoms with E-state index in [1.165, 1.54) is 11.1 Å². The van der Waals surface area contributed by atoms with Crippen LogP contribution in [0.3, 0.4) is 0 Å². The molecule has 0 aromatic rings. The molecule has 0 spiro atoms. The van der Waals surface area contributed by atoms with Crippen molar-refractivity contribution in [3.8, 4) is 0 Å². The van der Waals surface area contributed by atoms with Gasteiger partial charge in [-0.25, -0.2) is 0 Å². The second-order valence-electron chi connectivity index (χ2n) is 3.24. The molecule has 0 bridgehead atoms. The van der Waals surface area contributed by atoms with Crippen LogP contribution >= 0.6 is 0 Å². The third-order valence-electron chi connectivity index (χ3n) is 1.98. The van der Waals surface area contributed by atoms with Gasteiger partial charge in [0.2, 0.25) is 0 Å². The summed E-state index contributed by atoms with van der Waals surface area (Å²) in [6.45, 7) is 10.2. The van der Waals surface area contributed by atoms with Gasteiger partial charge in [-0.3, -0.25) is 0 Å². The van der Waals surface area contributed by atoms with Crippen LogP contribution in [0.4, 0.5) is 0 Å². The zero-order valence-electron chi connectivity index (χ0n) is 7.85. The standard InChI is InChI=1S/C10H17B/c1-8(2)10(4)6-5-9(3)7-11/h5,10H,1,6-7H2,2-4H3/b9-5+. The molecular weight excluding hydrogens is 131 g/mol. The third-order valence-corrected chi connectivity index (χ3v) is 1.98. The van der Waals surface area contributed by atoms with E-state index in [1.807, 2.05) is 0 Å². The topological polar surface area (TPSA) is 0 Å². The fraction of sp³-hybridized carbons (Fsp3) is 0.600. The van der Waals surface area contributed by atoms with Crippen molar-refractivity contribution in [1.29, 1.82) is 0 Å². The second-order valence-corrected chi connectivity index (χ2v) is 3.24. The minimum Gasteiger partial charge on any atom is -0.0999 e. The Balaban J connectivity index is 3.78. The molecule has 0 heterocycles. The molecule has 0 N–H and O–H groups in total. The van der Waals surface area contributed by atoms with Crippen molar-refractivity contribution in [2.45, 2.75) is 33.5 Å². The lowest BCUT2D eigenvalue weighted by atomic mass is 9.94. The lowest BCUT2D eigenvalue weighted by molar-refractivity contribution is 0.695. The number of allylic oxidation sites excluding steroid dienone is 3.